The normalized spacial score (nSPS) is 13.8. The number of hydrogen-bond acceptors (Lipinski definition) is 2. The maximum Gasteiger partial charge on any atom is 0.0903 e. The molecule has 1 unspecified atom stereocenters. The van der Waals surface area contributed by atoms with Gasteiger partial charge in [-0.2, -0.15) is 0 Å². The first kappa shape index (κ1) is 13.5. The van der Waals surface area contributed by atoms with Crippen LogP contribution < -0.4 is 0 Å². The lowest BCUT2D eigenvalue weighted by Gasteiger charge is -2.31. The van der Waals surface area contributed by atoms with Crippen LogP contribution in [0.15, 0.2) is 24.3 Å². The molecule has 0 aromatic heterocycles. The van der Waals surface area contributed by atoms with Crippen LogP contribution in [0.1, 0.15) is 32.3 Å². The molecule has 90 valence electrons. The van der Waals surface area contributed by atoms with E-state index in [9.17, 15) is 10.2 Å². The van der Waals surface area contributed by atoms with Gasteiger partial charge >= 0.3 is 0 Å². The topological polar surface area (TPSA) is 40.5 Å². The third-order valence-electron chi connectivity index (χ3n) is 3.19. The largest absolute Gasteiger partial charge is 0.390 e. The molecule has 2 N–H and O–H groups in total. The SMILES string of the molecule is CCC(O)(CC)C(O)Cc1ccc(Cl)cc1. The zero-order chi connectivity index (χ0) is 12.2. The summed E-state index contributed by atoms with van der Waals surface area (Å²) in [5, 5.41) is 20.8. The van der Waals surface area contributed by atoms with E-state index in [1.54, 1.807) is 12.1 Å². The molecule has 0 saturated carbocycles. The minimum Gasteiger partial charge on any atom is -0.390 e. The molecule has 0 saturated heterocycles. The maximum atomic E-state index is 10.1. The average molecular weight is 243 g/mol. The van der Waals surface area contributed by atoms with Crippen LogP contribution >= 0.6 is 11.6 Å². The molecule has 1 atom stereocenters. The van der Waals surface area contributed by atoms with Gasteiger partial charge < -0.3 is 10.2 Å². The highest BCUT2D eigenvalue weighted by atomic mass is 35.5. The summed E-state index contributed by atoms with van der Waals surface area (Å²) in [6.07, 6.45) is 0.829. The summed E-state index contributed by atoms with van der Waals surface area (Å²) in [4.78, 5) is 0. The summed E-state index contributed by atoms with van der Waals surface area (Å²) in [5.74, 6) is 0. The Morgan fingerprint density at radius 3 is 2.12 bits per heavy atom. The molecule has 0 aliphatic heterocycles. The van der Waals surface area contributed by atoms with E-state index in [0.717, 1.165) is 5.56 Å². The van der Waals surface area contributed by atoms with Gasteiger partial charge in [0.1, 0.15) is 0 Å². The van der Waals surface area contributed by atoms with Gasteiger partial charge in [0.05, 0.1) is 11.7 Å². The smallest absolute Gasteiger partial charge is 0.0903 e. The molecule has 0 aliphatic carbocycles. The first-order valence-corrected chi connectivity index (χ1v) is 6.04. The van der Waals surface area contributed by atoms with Crippen molar-refractivity contribution in [2.75, 3.05) is 0 Å². The summed E-state index contributed by atoms with van der Waals surface area (Å²) in [6, 6.07) is 7.33. The molecule has 0 fully saturated rings. The second kappa shape index (κ2) is 5.67. The number of rotatable bonds is 5. The van der Waals surface area contributed by atoms with E-state index in [4.69, 9.17) is 11.6 Å². The number of aliphatic hydroxyl groups is 2. The molecule has 0 heterocycles. The lowest BCUT2D eigenvalue weighted by molar-refractivity contribution is -0.0790. The Morgan fingerprint density at radius 2 is 1.69 bits per heavy atom. The first-order valence-electron chi connectivity index (χ1n) is 5.66. The van der Waals surface area contributed by atoms with Gasteiger partial charge in [-0.05, 0) is 30.5 Å². The molecule has 0 aliphatic rings. The van der Waals surface area contributed by atoms with Crippen LogP contribution in [0.25, 0.3) is 0 Å². The second-order valence-electron chi connectivity index (χ2n) is 4.16. The third-order valence-corrected chi connectivity index (χ3v) is 3.44. The predicted octanol–water partition coefficient (Wildman–Crippen LogP) is 2.79. The quantitative estimate of drug-likeness (QED) is 0.834. The molecule has 3 heteroatoms. The van der Waals surface area contributed by atoms with Crippen LogP contribution in [0.5, 0.6) is 0 Å². The van der Waals surface area contributed by atoms with Crippen molar-refractivity contribution in [3.63, 3.8) is 0 Å². The molecule has 0 bridgehead atoms. The van der Waals surface area contributed by atoms with E-state index in [0.29, 0.717) is 24.3 Å². The van der Waals surface area contributed by atoms with Crippen molar-refractivity contribution in [1.29, 1.82) is 0 Å². The van der Waals surface area contributed by atoms with Crippen molar-refractivity contribution in [3.8, 4) is 0 Å². The minimum absolute atomic E-state index is 0.454. The van der Waals surface area contributed by atoms with Crippen LogP contribution in [0, 0.1) is 0 Å². The summed E-state index contributed by atoms with van der Waals surface area (Å²) in [7, 11) is 0. The highest BCUT2D eigenvalue weighted by molar-refractivity contribution is 6.30. The second-order valence-corrected chi connectivity index (χ2v) is 4.59. The zero-order valence-electron chi connectivity index (χ0n) is 9.78. The van der Waals surface area contributed by atoms with Crippen molar-refractivity contribution >= 4 is 11.6 Å². The van der Waals surface area contributed by atoms with Crippen LogP contribution in [0.3, 0.4) is 0 Å². The zero-order valence-corrected chi connectivity index (χ0v) is 10.5. The summed E-state index contributed by atoms with van der Waals surface area (Å²) in [6.45, 7) is 3.77. The lowest BCUT2D eigenvalue weighted by Crippen LogP contribution is -2.42. The number of aliphatic hydroxyl groups excluding tert-OH is 1. The van der Waals surface area contributed by atoms with Gasteiger partial charge in [0.25, 0.3) is 0 Å². The Bertz CT molecular complexity index is 317. The fraction of sp³-hybridized carbons (Fsp3) is 0.538. The van der Waals surface area contributed by atoms with E-state index >= 15 is 0 Å². The molecule has 0 amide bonds. The molecule has 1 rings (SSSR count). The van der Waals surface area contributed by atoms with E-state index in [-0.39, 0.29) is 0 Å². The van der Waals surface area contributed by atoms with Crippen LogP contribution in [-0.2, 0) is 6.42 Å². The third kappa shape index (κ3) is 3.21. The number of benzene rings is 1. The lowest BCUT2D eigenvalue weighted by atomic mass is 9.87. The number of hydrogen-bond donors (Lipinski definition) is 2. The van der Waals surface area contributed by atoms with Crippen LogP contribution in [-0.4, -0.2) is 21.9 Å². The molecular weight excluding hydrogens is 224 g/mol. The molecule has 0 spiro atoms. The monoisotopic (exact) mass is 242 g/mol. The fourth-order valence-corrected chi connectivity index (χ4v) is 1.88. The first-order chi connectivity index (χ1) is 7.51. The van der Waals surface area contributed by atoms with Crippen molar-refractivity contribution in [1.82, 2.24) is 0 Å². The van der Waals surface area contributed by atoms with Gasteiger partial charge in [-0.1, -0.05) is 37.6 Å². The highest BCUT2D eigenvalue weighted by Gasteiger charge is 2.31. The standard InChI is InChI=1S/C13H19ClO2/c1-3-13(16,4-2)12(15)9-10-5-7-11(14)8-6-10/h5-8,12,15-16H,3-4,9H2,1-2H3. The summed E-state index contributed by atoms with van der Waals surface area (Å²) in [5.41, 5.74) is -0.00293. The van der Waals surface area contributed by atoms with Gasteiger partial charge in [-0.25, -0.2) is 0 Å². The van der Waals surface area contributed by atoms with E-state index in [1.165, 1.54) is 0 Å². The van der Waals surface area contributed by atoms with Gasteiger partial charge in [0.15, 0.2) is 0 Å². The van der Waals surface area contributed by atoms with Crippen molar-refractivity contribution in [2.24, 2.45) is 0 Å². The van der Waals surface area contributed by atoms with E-state index in [1.807, 2.05) is 26.0 Å². The number of halogens is 1. The molecule has 2 nitrogen and oxygen atoms in total. The van der Waals surface area contributed by atoms with Crippen LogP contribution in [0.4, 0.5) is 0 Å². The Morgan fingerprint density at radius 1 is 1.19 bits per heavy atom. The van der Waals surface area contributed by atoms with Gasteiger partial charge in [0.2, 0.25) is 0 Å². The Labute approximate surface area is 102 Å². The van der Waals surface area contributed by atoms with Gasteiger partial charge in [0, 0.05) is 11.4 Å². The summed E-state index contributed by atoms with van der Waals surface area (Å²) < 4.78 is 0. The predicted molar refractivity (Wildman–Crippen MR) is 66.7 cm³/mol. The molecule has 16 heavy (non-hydrogen) atoms. The van der Waals surface area contributed by atoms with Crippen LogP contribution in [0.2, 0.25) is 5.02 Å². The Hall–Kier alpha value is -0.570. The maximum absolute atomic E-state index is 10.1. The minimum atomic E-state index is -0.986. The highest BCUT2D eigenvalue weighted by Crippen LogP contribution is 2.23. The van der Waals surface area contributed by atoms with Crippen molar-refractivity contribution in [3.05, 3.63) is 34.9 Å². The molecule has 1 aromatic carbocycles. The Balaban J connectivity index is 2.70. The molecule has 0 radical (unpaired) electrons. The van der Waals surface area contributed by atoms with E-state index < -0.39 is 11.7 Å². The Kier molecular flexibility index (Phi) is 4.78. The van der Waals surface area contributed by atoms with Gasteiger partial charge in [-0.3, -0.25) is 0 Å². The van der Waals surface area contributed by atoms with Crippen molar-refractivity contribution in [2.45, 2.75) is 44.8 Å². The average Bonchev–Trinajstić information content (AvgIpc) is 2.31. The summed E-state index contributed by atoms with van der Waals surface area (Å²) >= 11 is 5.78. The van der Waals surface area contributed by atoms with Crippen molar-refractivity contribution < 1.29 is 10.2 Å². The van der Waals surface area contributed by atoms with Gasteiger partial charge in [-0.15, -0.1) is 0 Å². The fourth-order valence-electron chi connectivity index (χ4n) is 1.75. The van der Waals surface area contributed by atoms with E-state index in [2.05, 4.69) is 0 Å². The molecular formula is C13H19ClO2. The molecule has 1 aromatic rings.